The Morgan fingerprint density at radius 3 is 2.62 bits per heavy atom. The summed E-state index contributed by atoms with van der Waals surface area (Å²) in [6.07, 6.45) is 1.92. The number of rotatable bonds is 4. The number of likely N-dealkylation sites (tertiary alicyclic amines) is 1. The summed E-state index contributed by atoms with van der Waals surface area (Å²) < 4.78 is 36.7. The fraction of sp³-hybridized carbons (Fsp3) is 0.500. The number of nitrogens with one attached hydrogen (secondary N) is 2. The molecule has 1 atom stereocenters. The third kappa shape index (κ3) is 5.98. The molecule has 0 spiro atoms. The quantitative estimate of drug-likeness (QED) is 0.502. The Balaban J connectivity index is 1.66. The molecule has 1 unspecified atom stereocenters. The first-order chi connectivity index (χ1) is 17.2. The van der Waals surface area contributed by atoms with Gasteiger partial charge < -0.3 is 19.7 Å². The summed E-state index contributed by atoms with van der Waals surface area (Å²) in [6, 6.07) is 7.85. The van der Waals surface area contributed by atoms with Gasteiger partial charge in [-0.25, -0.2) is 4.72 Å². The van der Waals surface area contributed by atoms with Crippen LogP contribution in [0.4, 0.5) is 5.69 Å². The number of nitrogens with zero attached hydrogens (tertiary/aromatic N) is 3. The first kappa shape index (κ1) is 26.7. The van der Waals surface area contributed by atoms with Gasteiger partial charge in [-0.2, -0.15) is 8.42 Å². The maximum atomic E-state index is 13.2. The largest absolute Gasteiger partial charge is 0.505 e. The zero-order chi connectivity index (χ0) is 27.2. The summed E-state index contributed by atoms with van der Waals surface area (Å²) in [5.41, 5.74) is -0.130. The Hall–Kier alpha value is -3.34. The molecule has 2 aliphatic heterocycles. The second kappa shape index (κ2) is 9.51. The number of amidine groups is 2. The number of hydrogen-bond acceptors (Lipinski definition) is 7. The molecule has 1 saturated heterocycles. The summed E-state index contributed by atoms with van der Waals surface area (Å²) in [5.74, 6) is 0.647. The highest BCUT2D eigenvalue weighted by molar-refractivity contribution is 7.89. The number of para-hydroxylation sites is 1. The topological polar surface area (TPSA) is 137 Å². The number of anilines is 1. The van der Waals surface area contributed by atoms with Crippen molar-refractivity contribution in [3.8, 4) is 5.75 Å². The van der Waals surface area contributed by atoms with Crippen molar-refractivity contribution < 1.29 is 22.7 Å². The second-order valence-corrected chi connectivity index (χ2v) is 12.9. The van der Waals surface area contributed by atoms with E-state index in [4.69, 9.17) is 4.42 Å². The van der Waals surface area contributed by atoms with E-state index in [0.29, 0.717) is 24.6 Å². The zero-order valence-electron chi connectivity index (χ0n) is 22.1. The van der Waals surface area contributed by atoms with E-state index in [2.05, 4.69) is 33.3 Å². The van der Waals surface area contributed by atoms with E-state index in [1.54, 1.807) is 23.1 Å². The molecule has 1 aromatic carbocycles. The lowest BCUT2D eigenvalue weighted by atomic mass is 9.84. The van der Waals surface area contributed by atoms with Gasteiger partial charge in [-0.05, 0) is 54.9 Å². The van der Waals surface area contributed by atoms with Gasteiger partial charge in [-0.1, -0.05) is 40.7 Å². The van der Waals surface area contributed by atoms with Crippen molar-refractivity contribution in [2.75, 3.05) is 18.4 Å². The highest BCUT2D eigenvalue weighted by Gasteiger charge is 2.35. The van der Waals surface area contributed by atoms with E-state index >= 15 is 0 Å². The van der Waals surface area contributed by atoms with Crippen LogP contribution >= 0.6 is 0 Å². The molecule has 0 saturated carbocycles. The Kier molecular flexibility index (Phi) is 6.87. The minimum absolute atomic E-state index is 0.000505. The third-order valence-electron chi connectivity index (χ3n) is 6.48. The number of piperidine rings is 1. The zero-order valence-corrected chi connectivity index (χ0v) is 22.9. The fourth-order valence-electron chi connectivity index (χ4n) is 4.65. The normalized spacial score (nSPS) is 20.9. The van der Waals surface area contributed by atoms with Crippen LogP contribution in [0.15, 0.2) is 44.1 Å². The number of phenolic OH excluding ortho intramolecular Hbond substituents is 1. The van der Waals surface area contributed by atoms with Crippen molar-refractivity contribution in [2.45, 2.75) is 60.4 Å². The molecule has 11 heteroatoms. The second-order valence-electron chi connectivity index (χ2n) is 11.5. The average Bonchev–Trinajstić information content (AvgIpc) is 3.33. The minimum atomic E-state index is -4.04. The van der Waals surface area contributed by atoms with Gasteiger partial charge in [0.2, 0.25) is 0 Å². The monoisotopic (exact) mass is 529 g/mol. The van der Waals surface area contributed by atoms with Crippen molar-refractivity contribution in [1.29, 1.82) is 0 Å². The number of carbonyl (C=O) groups is 1. The molecule has 1 fully saturated rings. The Bertz CT molecular complexity index is 1370. The number of aliphatic imine (C=N–C) groups is 1. The maximum absolute atomic E-state index is 13.2. The lowest BCUT2D eigenvalue weighted by molar-refractivity contribution is 0.0580. The number of benzene rings is 1. The van der Waals surface area contributed by atoms with E-state index in [0.717, 1.165) is 12.8 Å². The number of aromatic hydroxyl groups is 1. The molecule has 1 aromatic heterocycles. The molecule has 10 nitrogen and oxygen atoms in total. The molecule has 3 N–H and O–H groups in total. The van der Waals surface area contributed by atoms with Crippen LogP contribution in [0, 0.1) is 17.8 Å². The molecule has 0 aliphatic carbocycles. The standard InChI is InChI=1S/C26H35N5O5S/c1-16-11-12-19(36-16)21(25(2,3)4)28-23-22(29-37(34,35)30-23)27-18-10-7-9-17(20(18)32)24(33)31-14-8-13-26(5,6)15-31/h7,9-12,21,32H,8,13-15H2,1-6H3,(H,27,29)(H,28,30). The number of carbonyl (C=O) groups excluding carboxylic acids is 1. The van der Waals surface area contributed by atoms with Crippen LogP contribution in [0.5, 0.6) is 5.75 Å². The van der Waals surface area contributed by atoms with E-state index in [9.17, 15) is 18.3 Å². The lowest BCUT2D eigenvalue weighted by Gasteiger charge is -2.38. The lowest BCUT2D eigenvalue weighted by Crippen LogP contribution is -2.43. The number of furan rings is 1. The van der Waals surface area contributed by atoms with Crippen LogP contribution in [-0.2, 0) is 10.2 Å². The Morgan fingerprint density at radius 1 is 1.27 bits per heavy atom. The molecule has 2 aromatic rings. The molecular formula is C26H35N5O5S. The van der Waals surface area contributed by atoms with Crippen molar-refractivity contribution in [3.63, 3.8) is 0 Å². The molecule has 0 bridgehead atoms. The summed E-state index contributed by atoms with van der Waals surface area (Å²) in [4.78, 5) is 19.7. The third-order valence-corrected chi connectivity index (χ3v) is 7.35. The predicted molar refractivity (Wildman–Crippen MR) is 143 cm³/mol. The van der Waals surface area contributed by atoms with Crippen LogP contribution in [0.3, 0.4) is 0 Å². The van der Waals surface area contributed by atoms with E-state index in [1.165, 1.54) is 0 Å². The summed E-state index contributed by atoms with van der Waals surface area (Å²) >= 11 is 0. The highest BCUT2D eigenvalue weighted by Crippen LogP contribution is 2.38. The fourth-order valence-corrected chi connectivity index (χ4v) is 5.46. The first-order valence-corrected chi connectivity index (χ1v) is 13.7. The minimum Gasteiger partial charge on any atom is -0.505 e. The average molecular weight is 530 g/mol. The number of phenols is 1. The van der Waals surface area contributed by atoms with Crippen LogP contribution in [0.2, 0.25) is 0 Å². The highest BCUT2D eigenvalue weighted by atomic mass is 32.2. The van der Waals surface area contributed by atoms with Crippen molar-refractivity contribution in [1.82, 2.24) is 9.62 Å². The van der Waals surface area contributed by atoms with Crippen LogP contribution in [0.1, 0.15) is 75.4 Å². The number of aryl methyl sites for hydroxylation is 1. The van der Waals surface area contributed by atoms with Gasteiger partial charge in [0.05, 0.1) is 11.3 Å². The predicted octanol–water partition coefficient (Wildman–Crippen LogP) is 4.40. The van der Waals surface area contributed by atoms with Gasteiger partial charge in [0.25, 0.3) is 5.91 Å². The number of hydrogen-bond donors (Lipinski definition) is 3. The molecule has 200 valence electrons. The molecule has 3 heterocycles. The number of amides is 1. The molecule has 0 radical (unpaired) electrons. The maximum Gasteiger partial charge on any atom is 0.345 e. The van der Waals surface area contributed by atoms with Gasteiger partial charge in [0, 0.05) is 13.1 Å². The van der Waals surface area contributed by atoms with Gasteiger partial charge in [-0.3, -0.25) is 9.79 Å². The van der Waals surface area contributed by atoms with Crippen molar-refractivity contribution in [2.24, 2.45) is 20.2 Å². The van der Waals surface area contributed by atoms with E-state index in [-0.39, 0.29) is 40.0 Å². The van der Waals surface area contributed by atoms with Crippen molar-refractivity contribution >= 4 is 33.5 Å². The SMILES string of the molecule is Cc1ccc(C(N=C2NS(=O)(=O)N=C2Nc2cccc(C(=O)N3CCCC(C)(C)C3)c2O)C(C)(C)C)o1. The first-order valence-electron chi connectivity index (χ1n) is 12.3. The van der Waals surface area contributed by atoms with Crippen LogP contribution in [-0.4, -0.2) is 49.1 Å². The summed E-state index contributed by atoms with van der Waals surface area (Å²) in [5, 5.41) is 13.9. The molecular weight excluding hydrogens is 494 g/mol. The van der Waals surface area contributed by atoms with Gasteiger partial charge in [0.15, 0.2) is 17.4 Å². The molecule has 1 amide bonds. The van der Waals surface area contributed by atoms with E-state index in [1.807, 2.05) is 39.8 Å². The van der Waals surface area contributed by atoms with E-state index < -0.39 is 21.7 Å². The summed E-state index contributed by atoms with van der Waals surface area (Å²) in [7, 11) is -4.04. The van der Waals surface area contributed by atoms with Gasteiger partial charge in [0.1, 0.15) is 17.6 Å². The Morgan fingerprint density at radius 2 is 2.00 bits per heavy atom. The smallest absolute Gasteiger partial charge is 0.345 e. The summed E-state index contributed by atoms with van der Waals surface area (Å²) in [6.45, 7) is 13.2. The molecule has 4 rings (SSSR count). The van der Waals surface area contributed by atoms with Crippen LogP contribution < -0.4 is 10.0 Å². The van der Waals surface area contributed by atoms with Crippen LogP contribution in [0.25, 0.3) is 0 Å². The molecule has 37 heavy (non-hydrogen) atoms. The Labute approximate surface area is 218 Å². The van der Waals surface area contributed by atoms with Gasteiger partial charge in [-0.15, -0.1) is 4.40 Å². The van der Waals surface area contributed by atoms with Gasteiger partial charge >= 0.3 is 10.2 Å². The van der Waals surface area contributed by atoms with Crippen molar-refractivity contribution in [3.05, 3.63) is 47.4 Å². The molecule has 2 aliphatic rings.